The normalized spacial score (nSPS) is 15.0. The van der Waals surface area contributed by atoms with Crippen LogP contribution in [0, 0.1) is 0 Å². The molecule has 0 saturated carbocycles. The number of hydrogen-bond acceptors (Lipinski definition) is 8. The van der Waals surface area contributed by atoms with Gasteiger partial charge in [0.05, 0.1) is 18.9 Å². The summed E-state index contributed by atoms with van der Waals surface area (Å²) in [5.74, 6) is 0. The molecule has 5 nitrogen and oxygen atoms in total. The van der Waals surface area contributed by atoms with E-state index in [1.807, 2.05) is 24.3 Å². The van der Waals surface area contributed by atoms with Crippen molar-refractivity contribution >= 4 is 46.1 Å². The van der Waals surface area contributed by atoms with Crippen molar-refractivity contribution in [2.24, 2.45) is 5.14 Å². The average Bonchev–Trinajstić information content (AvgIpc) is 3.18. The number of anilines is 2. The van der Waals surface area contributed by atoms with Gasteiger partial charge >= 0.3 is 0 Å². The van der Waals surface area contributed by atoms with E-state index in [1.54, 1.807) is 23.3 Å². The second-order valence-corrected chi connectivity index (χ2v) is 8.70. The Morgan fingerprint density at radius 2 is 1.70 bits per heavy atom. The van der Waals surface area contributed by atoms with Crippen molar-refractivity contribution in [2.75, 3.05) is 31.6 Å². The van der Waals surface area contributed by atoms with Gasteiger partial charge in [0.2, 0.25) is 0 Å². The third-order valence-corrected chi connectivity index (χ3v) is 6.51. The number of aromatic nitrogens is 1. The second kappa shape index (κ2) is 9.09. The van der Waals surface area contributed by atoms with Crippen LogP contribution in [-0.2, 0) is 4.74 Å². The second-order valence-electron chi connectivity index (χ2n) is 5.96. The Hall–Kier alpha value is -1.55. The zero-order valence-electron chi connectivity index (χ0n) is 14.6. The van der Waals surface area contributed by atoms with Crippen LogP contribution in [0.4, 0.5) is 10.8 Å². The van der Waals surface area contributed by atoms with Crippen molar-refractivity contribution in [1.82, 2.24) is 9.29 Å². The summed E-state index contributed by atoms with van der Waals surface area (Å²) >= 11 is 4.64. The molecule has 0 aliphatic carbocycles. The summed E-state index contributed by atoms with van der Waals surface area (Å²) in [7, 11) is 0. The van der Waals surface area contributed by atoms with Gasteiger partial charge in [-0.2, -0.15) is 0 Å². The van der Waals surface area contributed by atoms with Gasteiger partial charge in [-0.1, -0.05) is 12.1 Å². The van der Waals surface area contributed by atoms with E-state index in [0.717, 1.165) is 53.3 Å². The van der Waals surface area contributed by atoms with E-state index < -0.39 is 0 Å². The molecule has 0 amide bonds. The molecule has 2 heterocycles. The van der Waals surface area contributed by atoms with Crippen LogP contribution >= 0.6 is 35.2 Å². The first-order chi connectivity index (χ1) is 13.3. The molecular weight excluding hydrogens is 396 g/mol. The predicted molar refractivity (Wildman–Crippen MR) is 116 cm³/mol. The van der Waals surface area contributed by atoms with Gasteiger partial charge in [0, 0.05) is 39.5 Å². The van der Waals surface area contributed by atoms with Crippen molar-refractivity contribution in [1.29, 1.82) is 0 Å². The molecule has 4 rings (SSSR count). The highest BCUT2D eigenvalue weighted by molar-refractivity contribution is 7.97. The zero-order valence-corrected chi connectivity index (χ0v) is 17.1. The molecule has 3 aromatic rings. The van der Waals surface area contributed by atoms with Gasteiger partial charge in [-0.15, -0.1) is 11.3 Å². The molecule has 27 heavy (non-hydrogen) atoms. The number of benzene rings is 2. The quantitative estimate of drug-likeness (QED) is 0.556. The van der Waals surface area contributed by atoms with Crippen molar-refractivity contribution < 1.29 is 4.74 Å². The molecule has 0 unspecified atom stereocenters. The SMILES string of the molecule is NSc1ccc(Nc2nc(-c3ccc(SN4CCOCC4)cc3)cs2)cc1. The molecule has 1 fully saturated rings. The van der Waals surface area contributed by atoms with Gasteiger partial charge in [0.25, 0.3) is 0 Å². The molecule has 0 bridgehead atoms. The van der Waals surface area contributed by atoms with Crippen LogP contribution in [0.5, 0.6) is 0 Å². The minimum Gasteiger partial charge on any atom is -0.379 e. The highest BCUT2D eigenvalue weighted by Crippen LogP contribution is 2.30. The molecule has 1 aliphatic heterocycles. The topological polar surface area (TPSA) is 63.4 Å². The average molecular weight is 417 g/mol. The number of nitrogens with zero attached hydrogens (tertiary/aromatic N) is 2. The van der Waals surface area contributed by atoms with Crippen LogP contribution in [0.1, 0.15) is 0 Å². The maximum absolute atomic E-state index is 5.56. The van der Waals surface area contributed by atoms with Crippen molar-refractivity contribution in [3.8, 4) is 11.3 Å². The Bertz CT molecular complexity index is 861. The summed E-state index contributed by atoms with van der Waals surface area (Å²) in [5.41, 5.74) is 3.12. The number of nitrogens with two attached hydrogens (primary N) is 1. The van der Waals surface area contributed by atoms with E-state index in [2.05, 4.69) is 39.3 Å². The van der Waals surface area contributed by atoms with Crippen molar-refractivity contribution in [3.05, 3.63) is 53.9 Å². The molecule has 140 valence electrons. The largest absolute Gasteiger partial charge is 0.379 e. The van der Waals surface area contributed by atoms with Crippen LogP contribution in [0.2, 0.25) is 0 Å². The Kier molecular flexibility index (Phi) is 6.33. The molecule has 0 spiro atoms. The van der Waals surface area contributed by atoms with E-state index in [1.165, 1.54) is 16.8 Å². The fourth-order valence-electron chi connectivity index (χ4n) is 2.68. The summed E-state index contributed by atoms with van der Waals surface area (Å²) in [4.78, 5) is 6.99. The number of thiazole rings is 1. The Labute approximate surface area is 171 Å². The maximum Gasteiger partial charge on any atom is 0.187 e. The molecule has 1 saturated heterocycles. The molecule has 2 aromatic carbocycles. The lowest BCUT2D eigenvalue weighted by molar-refractivity contribution is 0.0773. The lowest BCUT2D eigenvalue weighted by Gasteiger charge is -2.25. The van der Waals surface area contributed by atoms with Crippen LogP contribution < -0.4 is 10.5 Å². The van der Waals surface area contributed by atoms with Gasteiger partial charge in [-0.3, -0.25) is 5.14 Å². The number of nitrogens with one attached hydrogen (secondary N) is 1. The van der Waals surface area contributed by atoms with Crippen LogP contribution in [0.3, 0.4) is 0 Å². The Balaban J connectivity index is 1.39. The predicted octanol–water partition coefficient (Wildman–Crippen LogP) is 4.86. The van der Waals surface area contributed by atoms with E-state index >= 15 is 0 Å². The molecule has 8 heteroatoms. The number of rotatable bonds is 6. The van der Waals surface area contributed by atoms with E-state index in [9.17, 15) is 0 Å². The highest BCUT2D eigenvalue weighted by atomic mass is 32.2. The van der Waals surface area contributed by atoms with E-state index in [0.29, 0.717) is 0 Å². The fraction of sp³-hybridized carbons (Fsp3) is 0.211. The first kappa shape index (κ1) is 18.8. The van der Waals surface area contributed by atoms with Crippen LogP contribution in [0.25, 0.3) is 11.3 Å². The monoisotopic (exact) mass is 416 g/mol. The molecule has 0 atom stereocenters. The lowest BCUT2D eigenvalue weighted by atomic mass is 10.2. The van der Waals surface area contributed by atoms with Crippen LogP contribution in [0.15, 0.2) is 63.7 Å². The Morgan fingerprint density at radius 3 is 2.41 bits per heavy atom. The summed E-state index contributed by atoms with van der Waals surface area (Å²) in [6, 6.07) is 16.6. The maximum atomic E-state index is 5.56. The minimum atomic E-state index is 0.813. The van der Waals surface area contributed by atoms with Crippen LogP contribution in [-0.4, -0.2) is 35.6 Å². The molecule has 3 N–H and O–H groups in total. The van der Waals surface area contributed by atoms with E-state index in [4.69, 9.17) is 14.9 Å². The third kappa shape index (κ3) is 5.04. The lowest BCUT2D eigenvalue weighted by Crippen LogP contribution is -2.30. The minimum absolute atomic E-state index is 0.813. The van der Waals surface area contributed by atoms with Crippen molar-refractivity contribution in [2.45, 2.75) is 9.79 Å². The number of hydrogen-bond donors (Lipinski definition) is 2. The van der Waals surface area contributed by atoms with Gasteiger partial charge in [0.15, 0.2) is 5.13 Å². The molecule has 0 radical (unpaired) electrons. The number of morpholine rings is 1. The standard InChI is InChI=1S/C19H20N4OS3/c20-26-16-7-3-15(4-8-16)21-19-22-18(13-25-19)14-1-5-17(6-2-14)27-23-9-11-24-12-10-23/h1-8,13H,9-12,20H2,(H,21,22). The summed E-state index contributed by atoms with van der Waals surface area (Å²) in [6.45, 7) is 3.57. The Morgan fingerprint density at radius 1 is 1.00 bits per heavy atom. The molecular formula is C19H20N4OS3. The number of ether oxygens (including phenoxy) is 1. The first-order valence-electron chi connectivity index (χ1n) is 8.60. The fourth-order valence-corrected chi connectivity index (χ4v) is 4.60. The summed E-state index contributed by atoms with van der Waals surface area (Å²) in [6.07, 6.45) is 0. The van der Waals surface area contributed by atoms with Gasteiger partial charge in [0.1, 0.15) is 0 Å². The van der Waals surface area contributed by atoms with Gasteiger partial charge in [-0.05, 0) is 60.3 Å². The first-order valence-corrected chi connectivity index (χ1v) is 11.1. The third-order valence-electron chi connectivity index (χ3n) is 4.10. The van der Waals surface area contributed by atoms with Crippen molar-refractivity contribution in [3.63, 3.8) is 0 Å². The summed E-state index contributed by atoms with van der Waals surface area (Å²) < 4.78 is 7.74. The molecule has 1 aliphatic rings. The molecule has 1 aromatic heterocycles. The summed E-state index contributed by atoms with van der Waals surface area (Å²) in [5, 5.41) is 11.9. The smallest absolute Gasteiger partial charge is 0.187 e. The van der Waals surface area contributed by atoms with Gasteiger partial charge < -0.3 is 10.1 Å². The zero-order chi connectivity index (χ0) is 18.5. The highest BCUT2D eigenvalue weighted by Gasteiger charge is 2.12. The van der Waals surface area contributed by atoms with Gasteiger partial charge in [-0.25, -0.2) is 9.29 Å². The van der Waals surface area contributed by atoms with E-state index in [-0.39, 0.29) is 0 Å².